The predicted molar refractivity (Wildman–Crippen MR) is 334 cm³/mol. The monoisotopic (exact) mass is 1290 g/mol. The van der Waals surface area contributed by atoms with Crippen LogP contribution >= 0.6 is 0 Å². The van der Waals surface area contributed by atoms with Crippen molar-refractivity contribution < 1.29 is 87.8 Å². The first kappa shape index (κ1) is 69.4. The first-order valence-electron chi connectivity index (χ1n) is 31.6. The molecule has 93 heavy (non-hydrogen) atoms. The second-order valence-corrected chi connectivity index (χ2v) is 25.0. The van der Waals surface area contributed by atoms with E-state index in [4.69, 9.17) is 4.74 Å². The van der Waals surface area contributed by atoms with E-state index in [0.717, 1.165) is 124 Å². The van der Waals surface area contributed by atoms with E-state index in [1.165, 1.54) is 46.0 Å². The zero-order valence-corrected chi connectivity index (χ0v) is 53.0. The van der Waals surface area contributed by atoms with Crippen LogP contribution in [0.5, 0.6) is 11.5 Å². The Morgan fingerprint density at radius 2 is 1.17 bits per heavy atom. The van der Waals surface area contributed by atoms with Crippen molar-refractivity contribution in [3.8, 4) is 11.5 Å². The molecule has 0 aliphatic carbocycles. The number of nitrogens with zero attached hydrogens (tertiary/aromatic N) is 2. The molecule has 0 spiro atoms. The summed E-state index contributed by atoms with van der Waals surface area (Å²) in [6.07, 6.45) is 3.70. The number of hydrogen-bond acceptors (Lipinski definition) is 15. The zero-order valence-electron chi connectivity index (χ0n) is 53.0. The lowest BCUT2D eigenvalue weighted by Gasteiger charge is -2.35. The Hall–Kier alpha value is -9.47. The van der Waals surface area contributed by atoms with Crippen molar-refractivity contribution in [2.45, 2.75) is 167 Å². The van der Waals surface area contributed by atoms with Crippen LogP contribution in [0.1, 0.15) is 153 Å². The van der Waals surface area contributed by atoms with Crippen molar-refractivity contribution in [2.75, 3.05) is 44.7 Å². The van der Waals surface area contributed by atoms with Gasteiger partial charge in [-0.05, 0) is 118 Å². The van der Waals surface area contributed by atoms with Crippen LogP contribution in [-0.4, -0.2) is 179 Å². The average molecular weight is 1290 g/mol. The summed E-state index contributed by atoms with van der Waals surface area (Å²) in [7, 11) is 1.29. The van der Waals surface area contributed by atoms with Crippen LogP contribution in [-0.2, 0) is 73.6 Å². The Balaban J connectivity index is 1.04. The molecule has 0 saturated heterocycles. The number of rotatable bonds is 27. The van der Waals surface area contributed by atoms with E-state index >= 15 is 0 Å². The van der Waals surface area contributed by atoms with Crippen LogP contribution < -0.4 is 67.3 Å². The number of ether oxygens (including phenoxy) is 1. The number of aliphatic carboxylic acids is 3. The second-order valence-electron chi connectivity index (χ2n) is 25.0. The van der Waals surface area contributed by atoms with E-state index in [1.54, 1.807) is 13.8 Å². The van der Waals surface area contributed by atoms with Gasteiger partial charge >= 0.3 is 23.9 Å². The number of likely N-dealkylation sites (N-methyl/N-ethyl adjacent to an activating group) is 1. The quantitative estimate of drug-likeness (QED) is 0.0335. The fourth-order valence-electron chi connectivity index (χ4n) is 12.9. The van der Waals surface area contributed by atoms with E-state index in [-0.39, 0.29) is 16.7 Å². The number of aliphatic hydroxyl groups excluding tert-OH is 1. The Bertz CT molecular complexity index is 3660. The summed E-state index contributed by atoms with van der Waals surface area (Å²) >= 11 is 0. The van der Waals surface area contributed by atoms with Gasteiger partial charge in [0.05, 0.1) is 36.6 Å². The number of aryl methyl sites for hydroxylation is 2. The molecule has 5 aliphatic rings. The van der Waals surface area contributed by atoms with Gasteiger partial charge in [-0.3, -0.25) is 52.7 Å². The average Bonchev–Trinajstić information content (AvgIpc) is 1.37. The molecule has 0 radical (unpaired) electrons. The van der Waals surface area contributed by atoms with Crippen LogP contribution in [0.15, 0.2) is 30.3 Å². The molecule has 8 rings (SSSR count). The topological polar surface area (TPSA) is 418 Å². The summed E-state index contributed by atoms with van der Waals surface area (Å²) in [4.78, 5) is 162. The standard InChI is InChI=1S/C65H82N10O18/c1-31(2)51(64(90)73-53(33(5)76)62(88)66-6)71-46(77)30-67-59(85)44(28-48(80)81)70-63(89)52(32(3)4)72-60(86)43(19-20-47(78)79)68-61(87)45(29-49(82)83)69-58(84)36-17-18-37(65(91)92)40(27-36)50-41-25-34-13-7-9-21-74-23-11-15-38(54(34)74)56(41)93-57-39-16-12-24-75-22-10-8-14-35(55(39)75)26-42(50)57/h17-18,25-27,31-33,43-45,51-53,76H,7-16,19-24,28-30H2,1-6H3,(H11-,66,67,68,69,70,71,72,73,77,78,79,80,81,82,83,84,85,86,87,88,89,90,91,92)/p+1/t33-,43+,44+,45+,51+,52+,53+/m1/s1. The number of carboxylic acid groups (broad SMARTS) is 4. The number of nitrogens with one attached hydrogen (secondary N) is 8. The Morgan fingerprint density at radius 3 is 1.83 bits per heavy atom. The molecule has 5 aliphatic heterocycles. The lowest BCUT2D eigenvalue weighted by Crippen LogP contribution is -2.60. The minimum Gasteiger partial charge on any atom is -0.481 e. The highest BCUT2D eigenvalue weighted by atomic mass is 16.5. The number of amides is 8. The molecule has 500 valence electrons. The van der Waals surface area contributed by atoms with Crippen LogP contribution in [0.4, 0.5) is 5.69 Å². The first-order chi connectivity index (χ1) is 44.2. The number of anilines is 1. The highest BCUT2D eigenvalue weighted by Crippen LogP contribution is 2.48. The van der Waals surface area contributed by atoms with Gasteiger partial charge in [0.15, 0.2) is 0 Å². The van der Waals surface area contributed by atoms with Crippen LogP contribution in [0.2, 0.25) is 0 Å². The van der Waals surface area contributed by atoms with Crippen LogP contribution in [0.25, 0.3) is 5.57 Å². The number of carbonyl (C=O) groups excluding carboxylic acids is 8. The molecule has 28 nitrogen and oxygen atoms in total. The van der Waals surface area contributed by atoms with Crippen molar-refractivity contribution >= 4 is 82.4 Å². The fourth-order valence-corrected chi connectivity index (χ4v) is 12.9. The minimum absolute atomic E-state index is 0.146. The molecule has 0 unspecified atom stereocenters. The third-order valence-electron chi connectivity index (χ3n) is 17.5. The summed E-state index contributed by atoms with van der Waals surface area (Å²) in [6, 6.07) is -1.92. The van der Waals surface area contributed by atoms with E-state index < -0.39 is 158 Å². The molecule has 0 bridgehead atoms. The molecule has 3 aromatic rings. The van der Waals surface area contributed by atoms with Gasteiger partial charge in [-0.15, -0.1) is 0 Å². The smallest absolute Gasteiger partial charge is 0.336 e. The van der Waals surface area contributed by atoms with Gasteiger partial charge in [0.25, 0.3) is 5.91 Å². The molecule has 5 heterocycles. The van der Waals surface area contributed by atoms with Crippen molar-refractivity contribution in [3.05, 3.63) is 85.4 Å². The number of hydrogen-bond donors (Lipinski definition) is 13. The van der Waals surface area contributed by atoms with E-state index in [1.807, 2.05) is 0 Å². The SMILES string of the molecule is CNC(=O)[C@@H](NC(=O)[C@@H](NC(=O)CNC(=O)[C@H](CC(=O)O)NC(=O)[C@@H](NC(=O)[C@H](CCC(=O)O)NC(=O)[C@H](CC(=O)O)NC(=O)c1ccc(C(=O)O)c(C2=c3cc4c5c(c3Oc3c2cc2c6c3CCCN6CCCC2)CCC[N+]=5CCCC4)c1)C(C)C)C(C)C)[C@@H](C)O. The van der Waals surface area contributed by atoms with Crippen LogP contribution in [0, 0.1) is 11.8 Å². The summed E-state index contributed by atoms with van der Waals surface area (Å²) in [5.41, 5.74) is 6.46. The third kappa shape index (κ3) is 16.2. The molecule has 0 fully saturated rings. The number of benzene rings is 3. The van der Waals surface area contributed by atoms with Gasteiger partial charge in [-0.25, -0.2) is 9.37 Å². The van der Waals surface area contributed by atoms with Crippen molar-refractivity contribution in [1.82, 2.24) is 47.1 Å². The largest absolute Gasteiger partial charge is 0.481 e. The molecule has 3 aromatic carbocycles. The first-order valence-corrected chi connectivity index (χ1v) is 31.6. The molecule has 0 aromatic heterocycles. The predicted octanol–water partition coefficient (Wildman–Crippen LogP) is -0.508. The maximum Gasteiger partial charge on any atom is 0.336 e. The Morgan fingerprint density at radius 1 is 0.570 bits per heavy atom. The molecular formula is C65H83N10O18+. The Kier molecular flexibility index (Phi) is 22.6. The second kappa shape index (κ2) is 30.3. The van der Waals surface area contributed by atoms with Crippen molar-refractivity contribution in [2.24, 2.45) is 11.8 Å². The number of carboxylic acids is 4. The van der Waals surface area contributed by atoms with Gasteiger partial charge in [-0.1, -0.05) is 27.7 Å². The van der Waals surface area contributed by atoms with Crippen molar-refractivity contribution in [3.63, 3.8) is 0 Å². The number of aromatic carboxylic acids is 1. The number of carbonyl (C=O) groups is 12. The van der Waals surface area contributed by atoms with Gasteiger partial charge in [-0.2, -0.15) is 0 Å². The molecule has 7 atom stereocenters. The minimum atomic E-state index is -1.96. The lowest BCUT2D eigenvalue weighted by atomic mass is 9.82. The number of fused-ring (bicyclic) bond motifs is 4. The molecule has 0 saturated carbocycles. The summed E-state index contributed by atoms with van der Waals surface area (Å²) in [5.74, 6) is -14.4. The highest BCUT2D eigenvalue weighted by Gasteiger charge is 2.39. The van der Waals surface area contributed by atoms with Crippen molar-refractivity contribution in [1.29, 1.82) is 0 Å². The van der Waals surface area contributed by atoms with E-state index in [9.17, 15) is 83.1 Å². The van der Waals surface area contributed by atoms with E-state index in [0.29, 0.717) is 27.9 Å². The molecule has 13 N–H and O–H groups in total. The zero-order chi connectivity index (χ0) is 67.7. The maximum absolute atomic E-state index is 14.7. The fraction of sp³-hybridized carbons (Fsp3) is 0.523. The van der Waals surface area contributed by atoms with Crippen LogP contribution in [0.3, 0.4) is 0 Å². The van der Waals surface area contributed by atoms with Gasteiger partial charge in [0, 0.05) is 78.1 Å². The molecule has 28 heteroatoms. The Labute approximate surface area is 535 Å². The normalized spacial score (nSPS) is 16.8. The highest BCUT2D eigenvalue weighted by molar-refractivity contribution is 6.05. The van der Waals surface area contributed by atoms with Gasteiger partial charge < -0.3 is 77.7 Å². The third-order valence-corrected chi connectivity index (χ3v) is 17.5. The number of aliphatic hydroxyl groups is 1. The van der Waals surface area contributed by atoms with Gasteiger partial charge in [0.2, 0.25) is 46.7 Å². The molecular weight excluding hydrogens is 1210 g/mol. The van der Waals surface area contributed by atoms with Gasteiger partial charge in [0.1, 0.15) is 60.8 Å². The van der Waals surface area contributed by atoms with E-state index in [2.05, 4.69) is 64.1 Å². The summed E-state index contributed by atoms with van der Waals surface area (Å²) in [6.45, 7) is 9.97. The lowest BCUT2D eigenvalue weighted by molar-refractivity contribution is -0.142. The maximum atomic E-state index is 14.7. The molecule has 8 amide bonds. The summed E-state index contributed by atoms with van der Waals surface area (Å²) < 4.78 is 9.62. The summed E-state index contributed by atoms with van der Waals surface area (Å²) in [5, 5.41) is 71.1.